The number of hydrogen-bond acceptors (Lipinski definition) is 7. The van der Waals surface area contributed by atoms with Crippen LogP contribution in [0.25, 0.3) is 10.9 Å². The van der Waals surface area contributed by atoms with Crippen molar-refractivity contribution < 1.29 is 9.18 Å². The highest BCUT2D eigenvalue weighted by molar-refractivity contribution is 5.99. The number of pyridine rings is 1. The van der Waals surface area contributed by atoms with E-state index in [0.717, 1.165) is 19.3 Å². The molecule has 1 saturated heterocycles. The first-order chi connectivity index (χ1) is 15.0. The number of rotatable bonds is 4. The first kappa shape index (κ1) is 20.5. The minimum Gasteiger partial charge on any atom is -0.382 e. The fourth-order valence-electron chi connectivity index (χ4n) is 3.84. The van der Waals surface area contributed by atoms with E-state index in [1.54, 1.807) is 25.1 Å². The van der Waals surface area contributed by atoms with Crippen molar-refractivity contribution in [1.29, 1.82) is 5.26 Å². The van der Waals surface area contributed by atoms with Crippen LogP contribution in [0, 0.1) is 17.1 Å². The van der Waals surface area contributed by atoms with Crippen LogP contribution in [0.5, 0.6) is 0 Å². The Hall–Kier alpha value is -3.80. The predicted molar refractivity (Wildman–Crippen MR) is 115 cm³/mol. The zero-order valence-corrected chi connectivity index (χ0v) is 17.1. The number of halogens is 1. The van der Waals surface area contributed by atoms with Gasteiger partial charge in [-0.3, -0.25) is 4.79 Å². The topological polar surface area (TPSA) is 121 Å². The minimum absolute atomic E-state index is 0.0503. The molecule has 1 atom stereocenters. The summed E-state index contributed by atoms with van der Waals surface area (Å²) in [5, 5.41) is 13.0. The predicted octanol–water partition coefficient (Wildman–Crippen LogP) is 3.42. The zero-order chi connectivity index (χ0) is 22.0. The van der Waals surface area contributed by atoms with Gasteiger partial charge in [0.1, 0.15) is 40.9 Å². The van der Waals surface area contributed by atoms with Crippen LogP contribution in [0.1, 0.15) is 53.8 Å². The Labute approximate surface area is 178 Å². The van der Waals surface area contributed by atoms with Gasteiger partial charge in [-0.25, -0.2) is 19.3 Å². The van der Waals surface area contributed by atoms with Crippen LogP contribution in [-0.2, 0) is 0 Å². The Morgan fingerprint density at radius 2 is 2.06 bits per heavy atom. The quantitative estimate of drug-likeness (QED) is 0.665. The monoisotopic (exact) mass is 419 g/mol. The van der Waals surface area contributed by atoms with Crippen molar-refractivity contribution in [2.24, 2.45) is 0 Å². The Kier molecular flexibility index (Phi) is 5.62. The first-order valence-corrected chi connectivity index (χ1v) is 10.1. The zero-order valence-electron chi connectivity index (χ0n) is 17.1. The number of amides is 1. The Morgan fingerprint density at radius 3 is 2.81 bits per heavy atom. The molecule has 0 saturated carbocycles. The van der Waals surface area contributed by atoms with Gasteiger partial charge in [-0.2, -0.15) is 5.26 Å². The van der Waals surface area contributed by atoms with E-state index in [4.69, 9.17) is 5.73 Å². The van der Waals surface area contributed by atoms with Crippen LogP contribution in [0.2, 0.25) is 0 Å². The van der Waals surface area contributed by atoms with Crippen LogP contribution < -0.4 is 11.1 Å². The maximum Gasteiger partial charge on any atom is 0.255 e. The first-order valence-electron chi connectivity index (χ1n) is 10.1. The number of nitrogens with two attached hydrogens (primary N) is 1. The number of hydrogen-bond donors (Lipinski definition) is 2. The lowest BCUT2D eigenvalue weighted by Crippen LogP contribution is -2.36. The van der Waals surface area contributed by atoms with Gasteiger partial charge in [-0.05, 0) is 38.3 Å². The second-order valence-corrected chi connectivity index (χ2v) is 7.55. The summed E-state index contributed by atoms with van der Waals surface area (Å²) in [7, 11) is 0. The van der Waals surface area contributed by atoms with Gasteiger partial charge in [0.25, 0.3) is 5.91 Å². The third-order valence-corrected chi connectivity index (χ3v) is 5.45. The van der Waals surface area contributed by atoms with Gasteiger partial charge < -0.3 is 16.0 Å². The summed E-state index contributed by atoms with van der Waals surface area (Å²) in [5.41, 5.74) is 6.85. The number of piperidine rings is 1. The smallest absolute Gasteiger partial charge is 0.255 e. The largest absolute Gasteiger partial charge is 0.382 e. The molecule has 31 heavy (non-hydrogen) atoms. The highest BCUT2D eigenvalue weighted by Gasteiger charge is 2.26. The minimum atomic E-state index is -0.547. The lowest BCUT2D eigenvalue weighted by atomic mass is 10.0. The summed E-state index contributed by atoms with van der Waals surface area (Å²) in [6, 6.07) is 7.79. The molecule has 0 radical (unpaired) electrons. The van der Waals surface area contributed by atoms with E-state index in [2.05, 4.69) is 20.3 Å². The molecule has 4 rings (SSSR count). The molecule has 3 N–H and O–H groups in total. The number of fused-ring (bicyclic) bond motifs is 1. The van der Waals surface area contributed by atoms with E-state index >= 15 is 0 Å². The normalized spacial score (nSPS) is 14.8. The van der Waals surface area contributed by atoms with E-state index in [1.165, 1.54) is 12.4 Å². The second kappa shape index (κ2) is 8.52. The summed E-state index contributed by atoms with van der Waals surface area (Å²) < 4.78 is 14.5. The van der Waals surface area contributed by atoms with Gasteiger partial charge in [0, 0.05) is 18.5 Å². The van der Waals surface area contributed by atoms with Gasteiger partial charge in [-0.1, -0.05) is 12.1 Å². The van der Waals surface area contributed by atoms with E-state index in [1.807, 2.05) is 11.0 Å². The average Bonchev–Trinajstić information content (AvgIpc) is 2.79. The highest BCUT2D eigenvalue weighted by Crippen LogP contribution is 2.28. The molecule has 8 nitrogen and oxygen atoms in total. The highest BCUT2D eigenvalue weighted by atomic mass is 19.1. The molecule has 2 aromatic heterocycles. The number of nitrogens with one attached hydrogen (secondary N) is 1. The van der Waals surface area contributed by atoms with Crippen molar-refractivity contribution in [3.63, 3.8) is 0 Å². The SMILES string of the molecule is C[C@H](Nc1ncnc(N)c1C#N)c1nc2c(F)cccc2cc1C(=O)N1CCCCC1. The fourth-order valence-corrected chi connectivity index (χ4v) is 3.84. The number of benzene rings is 1. The molecule has 1 fully saturated rings. The van der Waals surface area contributed by atoms with Crippen LogP contribution in [0.4, 0.5) is 16.0 Å². The molecule has 0 spiro atoms. The van der Waals surface area contributed by atoms with Crippen molar-refractivity contribution in [1.82, 2.24) is 19.9 Å². The van der Waals surface area contributed by atoms with Crippen LogP contribution >= 0.6 is 0 Å². The molecule has 3 heterocycles. The number of anilines is 2. The molecule has 0 bridgehead atoms. The molecule has 1 aliphatic rings. The average molecular weight is 419 g/mol. The molecular weight excluding hydrogens is 397 g/mol. The number of para-hydroxylation sites is 1. The van der Waals surface area contributed by atoms with Gasteiger partial charge in [0.15, 0.2) is 0 Å². The Balaban J connectivity index is 1.79. The van der Waals surface area contributed by atoms with Crippen molar-refractivity contribution >= 4 is 28.4 Å². The molecule has 3 aromatic rings. The molecule has 9 heteroatoms. The number of nitrogens with zero attached hydrogens (tertiary/aromatic N) is 5. The van der Waals surface area contributed by atoms with Crippen molar-refractivity contribution in [3.8, 4) is 6.07 Å². The molecule has 1 aromatic carbocycles. The number of likely N-dealkylation sites (tertiary alicyclic amines) is 1. The summed E-state index contributed by atoms with van der Waals surface area (Å²) in [6.45, 7) is 3.14. The Morgan fingerprint density at radius 1 is 1.29 bits per heavy atom. The summed E-state index contributed by atoms with van der Waals surface area (Å²) in [5.74, 6) is -0.319. The van der Waals surface area contributed by atoms with E-state index < -0.39 is 11.9 Å². The molecule has 158 valence electrons. The lowest BCUT2D eigenvalue weighted by Gasteiger charge is -2.28. The van der Waals surface area contributed by atoms with E-state index in [-0.39, 0.29) is 28.6 Å². The third-order valence-electron chi connectivity index (χ3n) is 5.45. The van der Waals surface area contributed by atoms with E-state index in [9.17, 15) is 14.4 Å². The molecule has 1 aliphatic heterocycles. The maximum atomic E-state index is 14.5. The van der Waals surface area contributed by atoms with Gasteiger partial charge in [-0.15, -0.1) is 0 Å². The van der Waals surface area contributed by atoms with Crippen LogP contribution in [0.3, 0.4) is 0 Å². The van der Waals surface area contributed by atoms with Crippen molar-refractivity contribution in [2.45, 2.75) is 32.2 Å². The molecule has 0 aliphatic carbocycles. The summed E-state index contributed by atoms with van der Waals surface area (Å²) in [4.78, 5) is 27.6. The lowest BCUT2D eigenvalue weighted by molar-refractivity contribution is 0.0722. The van der Waals surface area contributed by atoms with Crippen molar-refractivity contribution in [3.05, 3.63) is 53.2 Å². The molecule has 0 unspecified atom stereocenters. The molecule has 1 amide bonds. The van der Waals surface area contributed by atoms with Gasteiger partial charge in [0.2, 0.25) is 0 Å². The standard InChI is InChI=1S/C22H22FN7O/c1-13(28-21-16(11-24)20(25)26-12-27-21)18-15(22(31)30-8-3-2-4-9-30)10-14-6-5-7-17(23)19(14)29-18/h5-7,10,12-13H,2-4,8-9H2,1H3,(H3,25,26,27,28)/t13-/m0/s1. The number of nitriles is 1. The summed E-state index contributed by atoms with van der Waals surface area (Å²) in [6.07, 6.45) is 4.26. The van der Waals surface area contributed by atoms with Crippen molar-refractivity contribution in [2.75, 3.05) is 24.1 Å². The second-order valence-electron chi connectivity index (χ2n) is 7.55. The number of nitrogen functional groups attached to an aromatic ring is 1. The third kappa shape index (κ3) is 3.97. The number of carbonyl (C=O) groups excluding carboxylic acids is 1. The number of carbonyl (C=O) groups is 1. The molecular formula is C22H22FN7O. The van der Waals surface area contributed by atoms with Crippen LogP contribution in [-0.4, -0.2) is 38.8 Å². The van der Waals surface area contributed by atoms with Gasteiger partial charge in [0.05, 0.1) is 17.3 Å². The van der Waals surface area contributed by atoms with Gasteiger partial charge >= 0.3 is 0 Å². The van der Waals surface area contributed by atoms with Crippen LogP contribution in [0.15, 0.2) is 30.6 Å². The summed E-state index contributed by atoms with van der Waals surface area (Å²) >= 11 is 0. The van der Waals surface area contributed by atoms with E-state index in [0.29, 0.717) is 29.7 Å². The fraction of sp³-hybridized carbons (Fsp3) is 0.318. The maximum absolute atomic E-state index is 14.5. The number of aromatic nitrogens is 3. The Bertz CT molecular complexity index is 1180.